The number of aliphatic hydroxyl groups excluding tert-OH is 4. The monoisotopic (exact) mass is 388 g/mol. The third-order valence-corrected chi connectivity index (χ3v) is 3.85. The van der Waals surface area contributed by atoms with Crippen molar-refractivity contribution in [1.29, 1.82) is 0 Å². The van der Waals surface area contributed by atoms with E-state index in [1.807, 2.05) is 0 Å². The summed E-state index contributed by atoms with van der Waals surface area (Å²) in [7, 11) is -4.86. The Hall–Kier alpha value is -0.880. The van der Waals surface area contributed by atoms with Crippen molar-refractivity contribution in [3.63, 3.8) is 0 Å². The second-order valence-corrected chi connectivity index (χ2v) is 6.94. The van der Waals surface area contributed by atoms with Crippen molar-refractivity contribution in [3.8, 4) is 0 Å². The summed E-state index contributed by atoms with van der Waals surface area (Å²) < 4.78 is 25.3. The maximum absolute atomic E-state index is 11.2. The van der Waals surface area contributed by atoms with Crippen molar-refractivity contribution >= 4 is 13.8 Å². The molecule has 0 aromatic heterocycles. The number of rotatable bonds is 14. The molecule has 0 aromatic carbocycles. The summed E-state index contributed by atoms with van der Waals surface area (Å²) in [5.41, 5.74) is -2.87. The van der Waals surface area contributed by atoms with E-state index in [0.29, 0.717) is 0 Å². The molecular formula is C13H25O11P. The van der Waals surface area contributed by atoms with E-state index in [2.05, 4.69) is 11.1 Å². The third kappa shape index (κ3) is 8.86. The molecule has 12 heteroatoms. The second-order valence-electron chi connectivity index (χ2n) is 5.70. The lowest BCUT2D eigenvalue weighted by Crippen LogP contribution is -2.44. The Morgan fingerprint density at radius 1 is 0.920 bits per heavy atom. The van der Waals surface area contributed by atoms with E-state index >= 15 is 0 Å². The molecule has 0 bridgehead atoms. The molecule has 0 radical (unpaired) electrons. The molecule has 0 aliphatic rings. The minimum absolute atomic E-state index is 0.330. The van der Waals surface area contributed by atoms with Gasteiger partial charge < -0.3 is 39.7 Å². The van der Waals surface area contributed by atoms with Crippen LogP contribution in [0.5, 0.6) is 0 Å². The minimum atomic E-state index is -4.86. The van der Waals surface area contributed by atoms with Crippen molar-refractivity contribution in [1.82, 2.24) is 0 Å². The SMILES string of the molecule is C=CC(=O)OCC(CO)(COCC(CO)(CO)CO)COP(=O)(O)O. The molecule has 11 nitrogen and oxygen atoms in total. The van der Waals surface area contributed by atoms with Gasteiger partial charge >= 0.3 is 13.8 Å². The zero-order valence-corrected chi connectivity index (χ0v) is 14.5. The molecule has 0 aliphatic heterocycles. The summed E-state index contributed by atoms with van der Waals surface area (Å²) in [4.78, 5) is 28.8. The van der Waals surface area contributed by atoms with E-state index in [1.165, 1.54) is 0 Å². The van der Waals surface area contributed by atoms with Crippen LogP contribution in [0.1, 0.15) is 0 Å². The number of hydrogen-bond donors (Lipinski definition) is 6. The first-order valence-electron chi connectivity index (χ1n) is 7.12. The molecule has 25 heavy (non-hydrogen) atoms. The van der Waals surface area contributed by atoms with Crippen molar-refractivity contribution < 1.29 is 53.6 Å². The first-order chi connectivity index (χ1) is 11.6. The molecule has 1 unspecified atom stereocenters. The van der Waals surface area contributed by atoms with Gasteiger partial charge in [0.15, 0.2) is 0 Å². The number of carbonyl (C=O) groups excluding carboxylic acids is 1. The summed E-state index contributed by atoms with van der Waals surface area (Å²) in [5, 5.41) is 37.3. The predicted octanol–water partition coefficient (Wildman–Crippen LogP) is -2.22. The highest BCUT2D eigenvalue weighted by atomic mass is 31.2. The molecule has 0 spiro atoms. The van der Waals surface area contributed by atoms with Crippen LogP contribution >= 0.6 is 7.82 Å². The standard InChI is InChI=1S/C13H25O11P/c1-2-11(18)23-9-13(6-17,10-24-25(19,20)21)8-22-7-12(3-14,4-15)5-16/h2,14-17H,1,3-10H2,(H2,19,20,21). The van der Waals surface area contributed by atoms with Crippen LogP contribution in [0.25, 0.3) is 0 Å². The highest BCUT2D eigenvalue weighted by Gasteiger charge is 2.37. The lowest BCUT2D eigenvalue weighted by molar-refractivity contribution is -0.148. The first-order valence-corrected chi connectivity index (χ1v) is 8.65. The molecule has 0 saturated carbocycles. The van der Waals surface area contributed by atoms with Gasteiger partial charge in [-0.1, -0.05) is 6.58 Å². The van der Waals surface area contributed by atoms with Gasteiger partial charge in [-0.3, -0.25) is 4.52 Å². The van der Waals surface area contributed by atoms with Gasteiger partial charge in [0.05, 0.1) is 57.1 Å². The van der Waals surface area contributed by atoms with Gasteiger partial charge in [-0.2, -0.15) is 0 Å². The Morgan fingerprint density at radius 3 is 1.80 bits per heavy atom. The molecule has 0 aromatic rings. The average molecular weight is 388 g/mol. The zero-order chi connectivity index (χ0) is 19.6. The molecule has 0 heterocycles. The topological polar surface area (TPSA) is 183 Å². The van der Waals surface area contributed by atoms with Crippen LogP contribution in [-0.4, -0.2) is 89.0 Å². The third-order valence-electron chi connectivity index (χ3n) is 3.38. The molecule has 0 saturated heterocycles. The molecule has 0 aliphatic carbocycles. The van der Waals surface area contributed by atoms with E-state index < -0.39 is 70.9 Å². The summed E-state index contributed by atoms with van der Waals surface area (Å²) in [6.45, 7) is -1.23. The quantitative estimate of drug-likeness (QED) is 0.108. The minimum Gasteiger partial charge on any atom is -0.462 e. The fourth-order valence-corrected chi connectivity index (χ4v) is 1.98. The molecule has 1 atom stereocenters. The van der Waals surface area contributed by atoms with Gasteiger partial charge in [0.2, 0.25) is 0 Å². The number of carbonyl (C=O) groups is 1. The van der Waals surface area contributed by atoms with Crippen LogP contribution in [0.15, 0.2) is 12.7 Å². The molecular weight excluding hydrogens is 363 g/mol. The molecule has 6 N–H and O–H groups in total. The van der Waals surface area contributed by atoms with Crippen LogP contribution in [-0.2, 0) is 23.4 Å². The summed E-state index contributed by atoms with van der Waals surface area (Å²) in [6, 6.07) is 0. The largest absolute Gasteiger partial charge is 0.469 e. The maximum atomic E-state index is 11.2. The Kier molecular flexibility index (Phi) is 10.6. The number of aliphatic hydroxyl groups is 4. The van der Waals surface area contributed by atoms with Gasteiger partial charge in [0.25, 0.3) is 0 Å². The lowest BCUT2D eigenvalue weighted by atomic mass is 9.90. The number of ether oxygens (including phenoxy) is 2. The fraction of sp³-hybridized carbons (Fsp3) is 0.769. The predicted molar refractivity (Wildman–Crippen MR) is 83.2 cm³/mol. The Labute approximate surface area is 144 Å². The Morgan fingerprint density at radius 2 is 1.40 bits per heavy atom. The molecule has 148 valence electrons. The van der Waals surface area contributed by atoms with Crippen molar-refractivity contribution in [3.05, 3.63) is 12.7 Å². The number of phosphoric ester groups is 1. The van der Waals surface area contributed by atoms with Gasteiger partial charge in [-0.25, -0.2) is 9.36 Å². The van der Waals surface area contributed by atoms with Crippen molar-refractivity contribution in [2.45, 2.75) is 0 Å². The normalized spacial score (nSPS) is 14.8. The van der Waals surface area contributed by atoms with E-state index in [-0.39, 0.29) is 6.61 Å². The van der Waals surface area contributed by atoms with E-state index in [0.717, 1.165) is 6.08 Å². The van der Waals surface area contributed by atoms with Crippen LogP contribution in [0.4, 0.5) is 0 Å². The smallest absolute Gasteiger partial charge is 0.462 e. The highest BCUT2D eigenvalue weighted by molar-refractivity contribution is 7.46. The van der Waals surface area contributed by atoms with Crippen LogP contribution in [0.3, 0.4) is 0 Å². The van der Waals surface area contributed by atoms with Crippen LogP contribution in [0, 0.1) is 10.8 Å². The number of phosphoric acid groups is 1. The van der Waals surface area contributed by atoms with Crippen LogP contribution < -0.4 is 0 Å². The summed E-state index contributed by atoms with van der Waals surface area (Å²) >= 11 is 0. The molecule has 0 amide bonds. The summed E-state index contributed by atoms with van der Waals surface area (Å²) in [5.74, 6) is -0.829. The van der Waals surface area contributed by atoms with Crippen molar-refractivity contribution in [2.24, 2.45) is 10.8 Å². The van der Waals surface area contributed by atoms with Crippen LogP contribution in [0.2, 0.25) is 0 Å². The molecule has 0 rings (SSSR count). The number of hydrogen-bond acceptors (Lipinski definition) is 9. The zero-order valence-electron chi connectivity index (χ0n) is 13.6. The average Bonchev–Trinajstić information content (AvgIpc) is 2.60. The van der Waals surface area contributed by atoms with E-state index in [4.69, 9.17) is 19.3 Å². The Balaban J connectivity index is 5.04. The Bertz CT molecular complexity index is 451. The fourth-order valence-electron chi connectivity index (χ4n) is 1.54. The first kappa shape index (κ1) is 24.1. The molecule has 0 fully saturated rings. The summed E-state index contributed by atoms with van der Waals surface area (Å²) in [6.07, 6.45) is 0.862. The van der Waals surface area contributed by atoms with Gasteiger partial charge in [0.1, 0.15) is 6.61 Å². The maximum Gasteiger partial charge on any atom is 0.469 e. The second kappa shape index (κ2) is 11.0. The number of esters is 1. The highest BCUT2D eigenvalue weighted by Crippen LogP contribution is 2.38. The van der Waals surface area contributed by atoms with Gasteiger partial charge in [0, 0.05) is 6.08 Å². The van der Waals surface area contributed by atoms with E-state index in [1.54, 1.807) is 0 Å². The van der Waals surface area contributed by atoms with Crippen molar-refractivity contribution in [2.75, 3.05) is 52.9 Å². The van der Waals surface area contributed by atoms with Gasteiger partial charge in [-0.15, -0.1) is 0 Å². The van der Waals surface area contributed by atoms with E-state index in [9.17, 15) is 29.8 Å². The lowest BCUT2D eigenvalue weighted by Gasteiger charge is -2.33. The van der Waals surface area contributed by atoms with Gasteiger partial charge in [-0.05, 0) is 0 Å².